The van der Waals surface area contributed by atoms with Crippen molar-refractivity contribution in [2.24, 2.45) is 5.92 Å². The van der Waals surface area contributed by atoms with Crippen LogP contribution in [0.25, 0.3) is 0 Å². The van der Waals surface area contributed by atoms with Crippen LogP contribution in [0, 0.1) is 5.92 Å². The quantitative estimate of drug-likeness (QED) is 0.852. The van der Waals surface area contributed by atoms with E-state index in [1.165, 1.54) is 11.1 Å². The molecule has 2 aliphatic rings. The lowest BCUT2D eigenvalue weighted by molar-refractivity contribution is -0.128. The molecule has 2 aromatic rings. The lowest BCUT2D eigenvalue weighted by Gasteiger charge is -2.26. The maximum Gasteiger partial charge on any atom is 0.232 e. The summed E-state index contributed by atoms with van der Waals surface area (Å²) >= 11 is 0. The third-order valence-electron chi connectivity index (χ3n) is 5.52. The minimum atomic E-state index is -0.230. The Balaban J connectivity index is 1.43. The topological polar surface area (TPSA) is 40.6 Å². The maximum atomic E-state index is 13.1. The van der Waals surface area contributed by atoms with Crippen LogP contribution < -0.4 is 4.90 Å². The second-order valence-electron chi connectivity index (χ2n) is 7.37. The van der Waals surface area contributed by atoms with Gasteiger partial charge in [-0.15, -0.1) is 0 Å². The van der Waals surface area contributed by atoms with Gasteiger partial charge in [-0.3, -0.25) is 9.59 Å². The second-order valence-corrected chi connectivity index (χ2v) is 7.37. The van der Waals surface area contributed by atoms with Gasteiger partial charge in [0.15, 0.2) is 0 Å². The number of hydrogen-bond acceptors (Lipinski definition) is 2. The number of likely N-dealkylation sites (tertiary alicyclic amines) is 1. The van der Waals surface area contributed by atoms with Crippen molar-refractivity contribution in [1.82, 2.24) is 4.90 Å². The molecule has 0 radical (unpaired) electrons. The van der Waals surface area contributed by atoms with E-state index in [9.17, 15) is 9.59 Å². The maximum absolute atomic E-state index is 13.1. The SMILES string of the molecule is C[C@H]1Cc2ccccc2N1C(=O)[C@@H]1CC(=O)N(CCc2ccccc2)C1. The van der Waals surface area contributed by atoms with Crippen LogP contribution in [0.1, 0.15) is 24.5 Å². The highest BCUT2D eigenvalue weighted by molar-refractivity contribution is 6.01. The highest BCUT2D eigenvalue weighted by Crippen LogP contribution is 2.34. The van der Waals surface area contributed by atoms with Gasteiger partial charge in [-0.05, 0) is 37.0 Å². The Hall–Kier alpha value is -2.62. The van der Waals surface area contributed by atoms with Gasteiger partial charge in [0.1, 0.15) is 0 Å². The summed E-state index contributed by atoms with van der Waals surface area (Å²) in [6.07, 6.45) is 2.05. The first kappa shape index (κ1) is 16.8. The predicted molar refractivity (Wildman–Crippen MR) is 102 cm³/mol. The van der Waals surface area contributed by atoms with Crippen molar-refractivity contribution in [2.75, 3.05) is 18.0 Å². The fourth-order valence-electron chi connectivity index (χ4n) is 4.16. The summed E-state index contributed by atoms with van der Waals surface area (Å²) in [5, 5.41) is 0. The van der Waals surface area contributed by atoms with Crippen molar-refractivity contribution in [2.45, 2.75) is 32.2 Å². The van der Waals surface area contributed by atoms with Crippen molar-refractivity contribution in [3.8, 4) is 0 Å². The molecule has 2 atom stereocenters. The first-order chi connectivity index (χ1) is 12.6. The van der Waals surface area contributed by atoms with E-state index < -0.39 is 0 Å². The molecule has 0 aromatic heterocycles. The smallest absolute Gasteiger partial charge is 0.232 e. The van der Waals surface area contributed by atoms with Gasteiger partial charge in [0.05, 0.1) is 5.92 Å². The Kier molecular flexibility index (Phi) is 4.49. The summed E-state index contributed by atoms with van der Waals surface area (Å²) in [5.74, 6) is -0.0377. The van der Waals surface area contributed by atoms with Crippen molar-refractivity contribution in [3.63, 3.8) is 0 Å². The molecule has 4 nitrogen and oxygen atoms in total. The molecule has 4 rings (SSSR count). The lowest BCUT2D eigenvalue weighted by Crippen LogP contribution is -2.41. The van der Waals surface area contributed by atoms with Gasteiger partial charge in [0.2, 0.25) is 11.8 Å². The fourth-order valence-corrected chi connectivity index (χ4v) is 4.16. The molecular formula is C22H24N2O2. The zero-order valence-corrected chi connectivity index (χ0v) is 15.1. The van der Waals surface area contributed by atoms with Gasteiger partial charge in [-0.1, -0.05) is 48.5 Å². The molecular weight excluding hydrogens is 324 g/mol. The molecule has 0 unspecified atom stereocenters. The number of carbonyl (C=O) groups excluding carboxylic acids is 2. The average molecular weight is 348 g/mol. The summed E-state index contributed by atoms with van der Waals surface area (Å²) in [6, 6.07) is 18.4. The molecule has 2 heterocycles. The second kappa shape index (κ2) is 6.94. The van der Waals surface area contributed by atoms with E-state index in [0.29, 0.717) is 19.5 Å². The molecule has 0 aliphatic carbocycles. The van der Waals surface area contributed by atoms with Crippen LogP contribution in [0.2, 0.25) is 0 Å². The van der Waals surface area contributed by atoms with Crippen molar-refractivity contribution in [3.05, 3.63) is 65.7 Å². The molecule has 26 heavy (non-hydrogen) atoms. The standard InChI is InChI=1S/C22H24N2O2/c1-16-13-18-9-5-6-10-20(18)24(16)22(26)19-14-21(25)23(15-19)12-11-17-7-3-2-4-8-17/h2-10,16,19H,11-15H2,1H3/t16-,19+/m0/s1. The van der Waals surface area contributed by atoms with E-state index in [2.05, 4.69) is 25.1 Å². The van der Waals surface area contributed by atoms with E-state index in [4.69, 9.17) is 0 Å². The number of hydrogen-bond donors (Lipinski definition) is 0. The van der Waals surface area contributed by atoms with Gasteiger partial charge >= 0.3 is 0 Å². The molecule has 0 N–H and O–H groups in total. The molecule has 2 amide bonds. The molecule has 0 saturated carbocycles. The van der Waals surface area contributed by atoms with Crippen molar-refractivity contribution < 1.29 is 9.59 Å². The van der Waals surface area contributed by atoms with Crippen LogP contribution in [0.3, 0.4) is 0 Å². The number of para-hydroxylation sites is 1. The molecule has 1 saturated heterocycles. The summed E-state index contributed by atoms with van der Waals surface area (Å²) in [6.45, 7) is 3.30. The van der Waals surface area contributed by atoms with Gasteiger partial charge < -0.3 is 9.80 Å². The van der Waals surface area contributed by atoms with Crippen molar-refractivity contribution in [1.29, 1.82) is 0 Å². The van der Waals surface area contributed by atoms with Gasteiger partial charge in [0.25, 0.3) is 0 Å². The summed E-state index contributed by atoms with van der Waals surface area (Å²) in [4.78, 5) is 29.3. The predicted octanol–water partition coefficient (Wildman–Crippen LogP) is 3.06. The molecule has 2 aliphatic heterocycles. The normalized spacial score (nSPS) is 22.0. The largest absolute Gasteiger partial charge is 0.342 e. The minimum absolute atomic E-state index is 0.0954. The monoisotopic (exact) mass is 348 g/mol. The third-order valence-corrected chi connectivity index (χ3v) is 5.52. The molecule has 134 valence electrons. The third kappa shape index (κ3) is 3.12. The van der Waals surface area contributed by atoms with Gasteiger partial charge in [-0.2, -0.15) is 0 Å². The van der Waals surface area contributed by atoms with E-state index in [1.54, 1.807) is 0 Å². The number of fused-ring (bicyclic) bond motifs is 1. The summed E-state index contributed by atoms with van der Waals surface area (Å²) < 4.78 is 0. The average Bonchev–Trinajstić information content (AvgIpc) is 3.19. The molecule has 4 heteroatoms. The first-order valence-electron chi connectivity index (χ1n) is 9.36. The number of nitrogens with zero attached hydrogens (tertiary/aromatic N) is 2. The van der Waals surface area contributed by atoms with E-state index in [-0.39, 0.29) is 23.8 Å². The Morgan fingerprint density at radius 2 is 1.77 bits per heavy atom. The molecule has 0 bridgehead atoms. The minimum Gasteiger partial charge on any atom is -0.342 e. The molecule has 1 fully saturated rings. The fraction of sp³-hybridized carbons (Fsp3) is 0.364. The first-order valence-corrected chi connectivity index (χ1v) is 9.36. The van der Waals surface area contributed by atoms with Gasteiger partial charge in [-0.25, -0.2) is 0 Å². The Bertz CT molecular complexity index is 818. The van der Waals surface area contributed by atoms with Crippen LogP contribution in [-0.4, -0.2) is 35.8 Å². The van der Waals surface area contributed by atoms with Gasteiger partial charge in [0, 0.05) is 31.2 Å². The number of carbonyl (C=O) groups is 2. The lowest BCUT2D eigenvalue weighted by atomic mass is 10.1. The highest BCUT2D eigenvalue weighted by Gasteiger charge is 2.40. The van der Waals surface area contributed by atoms with Crippen LogP contribution in [-0.2, 0) is 22.4 Å². The summed E-state index contributed by atoms with van der Waals surface area (Å²) in [7, 11) is 0. The zero-order valence-electron chi connectivity index (χ0n) is 15.1. The Morgan fingerprint density at radius 3 is 2.58 bits per heavy atom. The summed E-state index contributed by atoms with van der Waals surface area (Å²) in [5.41, 5.74) is 3.45. The van der Waals surface area contributed by atoms with Crippen LogP contribution >= 0.6 is 0 Å². The highest BCUT2D eigenvalue weighted by atomic mass is 16.2. The van der Waals surface area contributed by atoms with Crippen LogP contribution in [0.4, 0.5) is 5.69 Å². The van der Waals surface area contributed by atoms with Crippen molar-refractivity contribution >= 4 is 17.5 Å². The van der Waals surface area contributed by atoms with E-state index in [0.717, 1.165) is 18.5 Å². The molecule has 0 spiro atoms. The van der Waals surface area contributed by atoms with Crippen LogP contribution in [0.15, 0.2) is 54.6 Å². The van der Waals surface area contributed by atoms with Crippen LogP contribution in [0.5, 0.6) is 0 Å². The Morgan fingerprint density at radius 1 is 1.04 bits per heavy atom. The number of amides is 2. The Labute approximate surface area is 154 Å². The molecule has 2 aromatic carbocycles. The number of benzene rings is 2. The van der Waals surface area contributed by atoms with E-state index in [1.807, 2.05) is 46.2 Å². The zero-order chi connectivity index (χ0) is 18.1. The number of rotatable bonds is 4. The van der Waals surface area contributed by atoms with E-state index >= 15 is 0 Å². The number of anilines is 1.